The van der Waals surface area contributed by atoms with Gasteiger partial charge in [-0.3, -0.25) is 4.90 Å². The van der Waals surface area contributed by atoms with Crippen LogP contribution in [0, 0.1) is 0 Å². The van der Waals surface area contributed by atoms with Crippen molar-refractivity contribution in [3.8, 4) is 0 Å². The number of aromatic nitrogens is 2. The first-order valence-corrected chi connectivity index (χ1v) is 8.89. The van der Waals surface area contributed by atoms with Crippen LogP contribution in [0.1, 0.15) is 30.5 Å². The topological polar surface area (TPSA) is 50.7 Å². The molecular weight excluding hydrogens is 292 g/mol. The van der Waals surface area contributed by atoms with E-state index < -0.39 is 0 Å². The molecule has 1 aromatic heterocycles. The van der Waals surface area contributed by atoms with Gasteiger partial charge in [-0.15, -0.1) is 0 Å². The lowest BCUT2D eigenvalue weighted by Crippen LogP contribution is -2.42. The van der Waals surface area contributed by atoms with Gasteiger partial charge in [-0.1, -0.05) is 0 Å². The van der Waals surface area contributed by atoms with Gasteiger partial charge in [-0.05, 0) is 19.3 Å². The van der Waals surface area contributed by atoms with Crippen LogP contribution in [0.25, 0.3) is 0 Å². The molecule has 3 aliphatic heterocycles. The van der Waals surface area contributed by atoms with Gasteiger partial charge in [0.2, 0.25) is 0 Å². The number of ether oxygens (including phenoxy) is 2. The van der Waals surface area contributed by atoms with E-state index in [0.29, 0.717) is 6.10 Å². The van der Waals surface area contributed by atoms with Gasteiger partial charge in [0, 0.05) is 51.3 Å². The first kappa shape index (κ1) is 15.3. The van der Waals surface area contributed by atoms with Crippen LogP contribution in [-0.2, 0) is 22.4 Å². The summed E-state index contributed by atoms with van der Waals surface area (Å²) in [5.74, 6) is 1.12. The normalized spacial score (nSPS) is 26.1. The average molecular weight is 318 g/mol. The molecular formula is C17H26N4O2. The minimum atomic E-state index is 0.404. The van der Waals surface area contributed by atoms with E-state index in [0.717, 1.165) is 64.8 Å². The van der Waals surface area contributed by atoms with Gasteiger partial charge in [-0.25, -0.2) is 9.97 Å². The minimum absolute atomic E-state index is 0.404. The molecule has 0 amide bonds. The molecule has 6 heteroatoms. The van der Waals surface area contributed by atoms with Gasteiger partial charge in [0.1, 0.15) is 12.1 Å². The van der Waals surface area contributed by atoms with Gasteiger partial charge >= 0.3 is 0 Å². The zero-order valence-electron chi connectivity index (χ0n) is 13.7. The molecule has 0 radical (unpaired) electrons. The van der Waals surface area contributed by atoms with Crippen molar-refractivity contribution in [2.45, 2.75) is 38.3 Å². The first-order chi connectivity index (χ1) is 11.4. The Kier molecular flexibility index (Phi) is 4.73. The number of hydrogen-bond donors (Lipinski definition) is 0. The van der Waals surface area contributed by atoms with Crippen molar-refractivity contribution in [3.63, 3.8) is 0 Å². The molecule has 0 aromatic carbocycles. The molecule has 0 N–H and O–H groups in total. The number of morpholine rings is 1. The van der Waals surface area contributed by atoms with Crippen LogP contribution in [-0.4, -0.2) is 67.0 Å². The monoisotopic (exact) mass is 318 g/mol. The Hall–Kier alpha value is -1.24. The highest BCUT2D eigenvalue weighted by Gasteiger charge is 2.26. The van der Waals surface area contributed by atoms with Crippen LogP contribution in [0.5, 0.6) is 0 Å². The highest BCUT2D eigenvalue weighted by atomic mass is 16.5. The van der Waals surface area contributed by atoms with Gasteiger partial charge in [-0.2, -0.15) is 0 Å². The van der Waals surface area contributed by atoms with Gasteiger partial charge in [0.25, 0.3) is 0 Å². The molecule has 0 aliphatic carbocycles. The highest BCUT2D eigenvalue weighted by Crippen LogP contribution is 2.27. The molecule has 3 aliphatic rings. The zero-order valence-corrected chi connectivity index (χ0v) is 13.7. The summed E-state index contributed by atoms with van der Waals surface area (Å²) >= 11 is 0. The Morgan fingerprint density at radius 3 is 2.83 bits per heavy atom. The molecule has 1 aromatic rings. The van der Waals surface area contributed by atoms with Crippen LogP contribution in [0.15, 0.2) is 6.33 Å². The number of fused-ring (bicyclic) bond motifs is 1. The Balaban J connectivity index is 1.48. The van der Waals surface area contributed by atoms with E-state index in [4.69, 9.17) is 9.47 Å². The maximum Gasteiger partial charge on any atom is 0.136 e. The van der Waals surface area contributed by atoms with E-state index in [1.807, 2.05) is 0 Å². The van der Waals surface area contributed by atoms with Crippen molar-refractivity contribution < 1.29 is 9.47 Å². The SMILES string of the molecule is c1nc2c(c(N3CCOCC3)n1)CN(C[C@@H]1CCCCO1)CC2. The summed E-state index contributed by atoms with van der Waals surface area (Å²) < 4.78 is 11.4. The summed E-state index contributed by atoms with van der Waals surface area (Å²) in [6.45, 7) is 7.42. The van der Waals surface area contributed by atoms with E-state index in [9.17, 15) is 0 Å². The van der Waals surface area contributed by atoms with Crippen LogP contribution >= 0.6 is 0 Å². The molecule has 4 heterocycles. The Morgan fingerprint density at radius 2 is 2.00 bits per heavy atom. The molecule has 0 spiro atoms. The molecule has 6 nitrogen and oxygen atoms in total. The van der Waals surface area contributed by atoms with Crippen molar-refractivity contribution in [1.29, 1.82) is 0 Å². The fourth-order valence-electron chi connectivity index (χ4n) is 3.83. The molecule has 0 bridgehead atoms. The fourth-order valence-corrected chi connectivity index (χ4v) is 3.83. The lowest BCUT2D eigenvalue weighted by atomic mass is 10.0. The number of nitrogens with zero attached hydrogens (tertiary/aromatic N) is 4. The standard InChI is InChI=1S/C17H26N4O2/c1-2-8-23-14(3-1)11-20-5-4-16-15(12-20)17(19-13-18-16)21-6-9-22-10-7-21/h13-14H,1-12H2/t14-/m0/s1. The second-order valence-corrected chi connectivity index (χ2v) is 6.70. The molecule has 126 valence electrons. The molecule has 2 fully saturated rings. The van der Waals surface area contributed by atoms with E-state index >= 15 is 0 Å². The van der Waals surface area contributed by atoms with E-state index in [2.05, 4.69) is 19.8 Å². The summed E-state index contributed by atoms with van der Waals surface area (Å²) in [6, 6.07) is 0. The highest BCUT2D eigenvalue weighted by molar-refractivity contribution is 5.49. The van der Waals surface area contributed by atoms with Crippen molar-refractivity contribution >= 4 is 5.82 Å². The third kappa shape index (κ3) is 3.49. The lowest BCUT2D eigenvalue weighted by Gasteiger charge is -2.35. The minimum Gasteiger partial charge on any atom is -0.378 e. The summed E-state index contributed by atoms with van der Waals surface area (Å²) in [7, 11) is 0. The largest absolute Gasteiger partial charge is 0.378 e. The third-order valence-corrected chi connectivity index (χ3v) is 5.10. The second kappa shape index (κ2) is 7.11. The van der Waals surface area contributed by atoms with Gasteiger partial charge < -0.3 is 14.4 Å². The second-order valence-electron chi connectivity index (χ2n) is 6.70. The number of hydrogen-bond acceptors (Lipinski definition) is 6. The average Bonchev–Trinajstić information content (AvgIpc) is 2.63. The molecule has 4 rings (SSSR count). The number of rotatable bonds is 3. The zero-order chi connectivity index (χ0) is 15.5. The quantitative estimate of drug-likeness (QED) is 0.836. The first-order valence-electron chi connectivity index (χ1n) is 8.89. The van der Waals surface area contributed by atoms with Crippen LogP contribution in [0.2, 0.25) is 0 Å². The summed E-state index contributed by atoms with van der Waals surface area (Å²) in [4.78, 5) is 14.0. The Labute approximate surface area is 137 Å². The van der Waals surface area contributed by atoms with Crippen LogP contribution in [0.3, 0.4) is 0 Å². The summed E-state index contributed by atoms with van der Waals surface area (Å²) in [6.07, 6.45) is 6.86. The van der Waals surface area contributed by atoms with Crippen molar-refractivity contribution in [2.75, 3.05) is 50.9 Å². The summed E-state index contributed by atoms with van der Waals surface area (Å²) in [5.41, 5.74) is 2.54. The number of anilines is 1. The molecule has 0 saturated carbocycles. The van der Waals surface area contributed by atoms with E-state index in [1.54, 1.807) is 6.33 Å². The van der Waals surface area contributed by atoms with Crippen molar-refractivity contribution in [3.05, 3.63) is 17.6 Å². The molecule has 23 heavy (non-hydrogen) atoms. The molecule has 0 unspecified atom stereocenters. The van der Waals surface area contributed by atoms with Gasteiger partial charge in [0.15, 0.2) is 0 Å². The molecule has 2 saturated heterocycles. The van der Waals surface area contributed by atoms with Crippen molar-refractivity contribution in [2.24, 2.45) is 0 Å². The van der Waals surface area contributed by atoms with Gasteiger partial charge in [0.05, 0.1) is 25.0 Å². The van der Waals surface area contributed by atoms with Crippen molar-refractivity contribution in [1.82, 2.24) is 14.9 Å². The predicted octanol–water partition coefficient (Wildman–Crippen LogP) is 1.24. The fraction of sp³-hybridized carbons (Fsp3) is 0.765. The maximum absolute atomic E-state index is 5.92. The Morgan fingerprint density at radius 1 is 1.09 bits per heavy atom. The smallest absolute Gasteiger partial charge is 0.136 e. The molecule has 1 atom stereocenters. The van der Waals surface area contributed by atoms with Crippen LogP contribution in [0.4, 0.5) is 5.82 Å². The summed E-state index contributed by atoms with van der Waals surface area (Å²) in [5, 5.41) is 0. The van der Waals surface area contributed by atoms with E-state index in [1.165, 1.54) is 30.5 Å². The predicted molar refractivity (Wildman–Crippen MR) is 87.6 cm³/mol. The lowest BCUT2D eigenvalue weighted by molar-refractivity contribution is -0.00813. The maximum atomic E-state index is 5.92. The third-order valence-electron chi connectivity index (χ3n) is 5.10. The Bertz CT molecular complexity index is 527. The van der Waals surface area contributed by atoms with E-state index in [-0.39, 0.29) is 0 Å². The van der Waals surface area contributed by atoms with Crippen LogP contribution < -0.4 is 4.90 Å².